The van der Waals surface area contributed by atoms with Crippen LogP contribution in [0.1, 0.15) is 87.5 Å². The van der Waals surface area contributed by atoms with Crippen LogP contribution in [0.5, 0.6) is 5.75 Å². The lowest BCUT2D eigenvalue weighted by molar-refractivity contribution is 0.463. The summed E-state index contributed by atoms with van der Waals surface area (Å²) in [6, 6.07) is 14.7. The van der Waals surface area contributed by atoms with Crippen molar-refractivity contribution in [3.63, 3.8) is 0 Å². The van der Waals surface area contributed by atoms with Crippen molar-refractivity contribution in [2.75, 3.05) is 0 Å². The zero-order chi connectivity index (χ0) is 18.2. The van der Waals surface area contributed by atoms with Crippen molar-refractivity contribution < 1.29 is 5.11 Å². The first-order valence-electron chi connectivity index (χ1n) is 9.89. The number of rotatable bonds is 9. The molecule has 0 fully saturated rings. The summed E-state index contributed by atoms with van der Waals surface area (Å²) >= 11 is 0. The largest absolute Gasteiger partial charge is 0.508 e. The van der Waals surface area contributed by atoms with Gasteiger partial charge in [0.05, 0.1) is 0 Å². The van der Waals surface area contributed by atoms with Gasteiger partial charge < -0.3 is 5.11 Å². The highest BCUT2D eigenvalue weighted by Gasteiger charge is 2.17. The summed E-state index contributed by atoms with van der Waals surface area (Å²) in [5.41, 5.74) is 5.39. The Bertz CT molecular complexity index is 641. The van der Waals surface area contributed by atoms with E-state index < -0.39 is 0 Å². The van der Waals surface area contributed by atoms with Crippen molar-refractivity contribution in [3.8, 4) is 5.75 Å². The van der Waals surface area contributed by atoms with Crippen LogP contribution in [-0.2, 0) is 12.8 Å². The van der Waals surface area contributed by atoms with Crippen molar-refractivity contribution in [1.82, 2.24) is 0 Å². The SMILES string of the molecule is CC(C)c1ccc(O)c(CCCCCCc2ccccc2)c1C(C)C. The van der Waals surface area contributed by atoms with Gasteiger partial charge >= 0.3 is 0 Å². The molecule has 2 aromatic rings. The van der Waals surface area contributed by atoms with Crippen LogP contribution in [-0.4, -0.2) is 5.11 Å². The van der Waals surface area contributed by atoms with Crippen LogP contribution in [0.2, 0.25) is 0 Å². The number of unbranched alkanes of at least 4 members (excludes halogenated alkanes) is 3. The lowest BCUT2D eigenvalue weighted by Gasteiger charge is -2.21. The smallest absolute Gasteiger partial charge is 0.119 e. The van der Waals surface area contributed by atoms with Crippen LogP contribution >= 0.6 is 0 Å². The lowest BCUT2D eigenvalue weighted by atomic mass is 9.84. The molecule has 1 heteroatoms. The molecule has 1 nitrogen and oxygen atoms in total. The molecule has 0 heterocycles. The van der Waals surface area contributed by atoms with E-state index in [9.17, 15) is 5.11 Å². The average Bonchev–Trinajstić information content (AvgIpc) is 2.59. The van der Waals surface area contributed by atoms with E-state index in [4.69, 9.17) is 0 Å². The molecule has 25 heavy (non-hydrogen) atoms. The average molecular weight is 339 g/mol. The highest BCUT2D eigenvalue weighted by atomic mass is 16.3. The van der Waals surface area contributed by atoms with Crippen LogP contribution in [0.25, 0.3) is 0 Å². The van der Waals surface area contributed by atoms with Crippen molar-refractivity contribution in [3.05, 3.63) is 64.7 Å². The maximum Gasteiger partial charge on any atom is 0.119 e. The van der Waals surface area contributed by atoms with Gasteiger partial charge in [-0.3, -0.25) is 0 Å². The molecular formula is C24H34O. The van der Waals surface area contributed by atoms with Crippen molar-refractivity contribution >= 4 is 0 Å². The quantitative estimate of drug-likeness (QED) is 0.489. The van der Waals surface area contributed by atoms with Crippen molar-refractivity contribution in [2.24, 2.45) is 0 Å². The molecule has 0 spiro atoms. The molecule has 0 bridgehead atoms. The zero-order valence-electron chi connectivity index (χ0n) is 16.4. The Morgan fingerprint density at radius 1 is 0.720 bits per heavy atom. The summed E-state index contributed by atoms with van der Waals surface area (Å²) in [5, 5.41) is 10.4. The molecule has 0 aromatic heterocycles. The summed E-state index contributed by atoms with van der Waals surface area (Å²) < 4.78 is 0. The Labute approximate surface area is 154 Å². The number of aromatic hydroxyl groups is 1. The number of phenolic OH excluding ortho intramolecular Hbond substituents is 1. The molecule has 0 aliphatic rings. The first-order chi connectivity index (χ1) is 12.0. The second-order valence-corrected chi connectivity index (χ2v) is 7.78. The molecule has 0 saturated heterocycles. The molecule has 0 radical (unpaired) electrons. The van der Waals surface area contributed by atoms with E-state index >= 15 is 0 Å². The highest BCUT2D eigenvalue weighted by molar-refractivity contribution is 5.47. The topological polar surface area (TPSA) is 20.2 Å². The minimum absolute atomic E-state index is 0.456. The number of hydrogen-bond donors (Lipinski definition) is 1. The van der Waals surface area contributed by atoms with E-state index in [-0.39, 0.29) is 0 Å². The molecule has 0 amide bonds. The predicted molar refractivity (Wildman–Crippen MR) is 109 cm³/mol. The molecule has 1 N–H and O–H groups in total. The fourth-order valence-electron chi connectivity index (χ4n) is 3.75. The number of benzene rings is 2. The fraction of sp³-hybridized carbons (Fsp3) is 0.500. The predicted octanol–water partition coefficient (Wildman–Crippen LogP) is 6.98. The van der Waals surface area contributed by atoms with Gasteiger partial charge in [0.1, 0.15) is 5.75 Å². The van der Waals surface area contributed by atoms with E-state index in [0.717, 1.165) is 12.8 Å². The van der Waals surface area contributed by atoms with Crippen LogP contribution in [0.4, 0.5) is 0 Å². The molecule has 0 aliphatic heterocycles. The van der Waals surface area contributed by atoms with Crippen LogP contribution in [0.3, 0.4) is 0 Å². The van der Waals surface area contributed by atoms with Gasteiger partial charge in [0.25, 0.3) is 0 Å². The molecule has 2 rings (SSSR count). The molecule has 136 valence electrons. The Morgan fingerprint density at radius 2 is 1.36 bits per heavy atom. The van der Waals surface area contributed by atoms with Crippen LogP contribution in [0, 0.1) is 0 Å². The molecule has 0 aliphatic carbocycles. The molecular weight excluding hydrogens is 304 g/mol. The first-order valence-corrected chi connectivity index (χ1v) is 9.89. The third-order valence-electron chi connectivity index (χ3n) is 5.05. The summed E-state index contributed by atoms with van der Waals surface area (Å²) in [6.45, 7) is 8.96. The minimum atomic E-state index is 0.456. The third-order valence-corrected chi connectivity index (χ3v) is 5.05. The number of phenols is 1. The normalized spacial score (nSPS) is 11.4. The Morgan fingerprint density at radius 3 is 1.96 bits per heavy atom. The minimum Gasteiger partial charge on any atom is -0.508 e. The first kappa shape index (κ1) is 19.6. The number of hydrogen-bond acceptors (Lipinski definition) is 1. The van der Waals surface area contributed by atoms with E-state index in [1.165, 1.54) is 47.9 Å². The maximum absolute atomic E-state index is 10.4. The van der Waals surface area contributed by atoms with Gasteiger partial charge in [0.2, 0.25) is 0 Å². The Hall–Kier alpha value is -1.76. The summed E-state index contributed by atoms with van der Waals surface area (Å²) in [4.78, 5) is 0. The summed E-state index contributed by atoms with van der Waals surface area (Å²) in [5.74, 6) is 1.44. The van der Waals surface area contributed by atoms with Gasteiger partial charge in [-0.25, -0.2) is 0 Å². The van der Waals surface area contributed by atoms with E-state index in [0.29, 0.717) is 17.6 Å². The van der Waals surface area contributed by atoms with E-state index in [1.54, 1.807) is 0 Å². The van der Waals surface area contributed by atoms with Gasteiger partial charge in [-0.15, -0.1) is 0 Å². The standard InChI is InChI=1S/C24H34O/c1-18(2)21-16-17-23(25)22(24(21)19(3)4)15-11-6-5-8-12-20-13-9-7-10-14-20/h7,9-10,13-14,16-19,25H,5-6,8,11-12,15H2,1-4H3. The molecule has 0 unspecified atom stereocenters. The summed E-state index contributed by atoms with van der Waals surface area (Å²) in [7, 11) is 0. The van der Waals surface area contributed by atoms with Gasteiger partial charge in [-0.1, -0.05) is 76.9 Å². The Balaban J connectivity index is 1.88. The van der Waals surface area contributed by atoms with Crippen LogP contribution < -0.4 is 0 Å². The maximum atomic E-state index is 10.4. The van der Waals surface area contributed by atoms with Crippen molar-refractivity contribution in [1.29, 1.82) is 0 Å². The summed E-state index contributed by atoms with van der Waals surface area (Å²) in [6.07, 6.45) is 7.06. The monoisotopic (exact) mass is 338 g/mol. The fourth-order valence-corrected chi connectivity index (χ4v) is 3.75. The van der Waals surface area contributed by atoms with Crippen LogP contribution in [0.15, 0.2) is 42.5 Å². The van der Waals surface area contributed by atoms with E-state index in [2.05, 4.69) is 64.1 Å². The van der Waals surface area contributed by atoms with Gasteiger partial charge in [-0.05, 0) is 65.8 Å². The molecule has 2 aromatic carbocycles. The second-order valence-electron chi connectivity index (χ2n) is 7.78. The number of aryl methyl sites for hydroxylation is 1. The van der Waals surface area contributed by atoms with Gasteiger partial charge in [0.15, 0.2) is 0 Å². The second kappa shape index (κ2) is 9.65. The lowest BCUT2D eigenvalue weighted by Crippen LogP contribution is -2.04. The highest BCUT2D eigenvalue weighted by Crippen LogP contribution is 2.35. The molecule has 0 atom stereocenters. The zero-order valence-corrected chi connectivity index (χ0v) is 16.4. The van der Waals surface area contributed by atoms with E-state index in [1.807, 2.05) is 6.07 Å². The van der Waals surface area contributed by atoms with Gasteiger partial charge in [0, 0.05) is 0 Å². The molecule has 0 saturated carbocycles. The van der Waals surface area contributed by atoms with Gasteiger partial charge in [-0.2, -0.15) is 0 Å². The van der Waals surface area contributed by atoms with Crippen molar-refractivity contribution in [2.45, 2.75) is 78.1 Å². The Kier molecular flexibility index (Phi) is 7.55. The third kappa shape index (κ3) is 5.63.